The second kappa shape index (κ2) is 6.56. The topological polar surface area (TPSA) is 66.8 Å². The Kier molecular flexibility index (Phi) is 4.47. The van der Waals surface area contributed by atoms with E-state index >= 15 is 0 Å². The van der Waals surface area contributed by atoms with Crippen LogP contribution in [0.4, 0.5) is 0 Å². The van der Waals surface area contributed by atoms with Crippen molar-refractivity contribution in [2.75, 3.05) is 7.11 Å². The lowest BCUT2D eigenvalue weighted by atomic mass is 9.53. The van der Waals surface area contributed by atoms with Gasteiger partial charge in [-0.2, -0.15) is 0 Å². The molecule has 0 spiro atoms. The highest BCUT2D eigenvalue weighted by atomic mass is 16.5. The van der Waals surface area contributed by atoms with Crippen molar-refractivity contribution in [1.29, 1.82) is 0 Å². The smallest absolute Gasteiger partial charge is 0.381 e. The molecule has 4 rings (SSSR count). The predicted molar refractivity (Wildman–Crippen MR) is 103 cm³/mol. The SMILES string of the molecule is COc1ccc2c(c1)CC[C@@H]1[C@@H]2CC[C@@]2(C)[C@H]1CC[C@@]2(O)CC#CC(=O)O. The van der Waals surface area contributed by atoms with E-state index in [4.69, 9.17) is 9.84 Å². The molecule has 1 aromatic rings. The average molecular weight is 368 g/mol. The van der Waals surface area contributed by atoms with Crippen LogP contribution in [-0.4, -0.2) is 28.9 Å². The van der Waals surface area contributed by atoms with E-state index in [9.17, 15) is 9.90 Å². The van der Waals surface area contributed by atoms with Gasteiger partial charge in [0, 0.05) is 17.8 Å². The maximum absolute atomic E-state index is 11.4. The fourth-order valence-corrected chi connectivity index (χ4v) is 6.35. The number of hydrogen-bond acceptors (Lipinski definition) is 3. The fourth-order valence-electron chi connectivity index (χ4n) is 6.35. The molecule has 2 saturated carbocycles. The van der Waals surface area contributed by atoms with Crippen LogP contribution in [0.25, 0.3) is 0 Å². The van der Waals surface area contributed by atoms with Gasteiger partial charge in [-0.25, -0.2) is 4.79 Å². The summed E-state index contributed by atoms with van der Waals surface area (Å²) in [4.78, 5) is 10.7. The van der Waals surface area contributed by atoms with Crippen LogP contribution in [0, 0.1) is 29.1 Å². The molecule has 0 radical (unpaired) electrons. The predicted octanol–water partition coefficient (Wildman–Crippen LogP) is 3.76. The van der Waals surface area contributed by atoms with E-state index in [2.05, 4.69) is 37.0 Å². The largest absolute Gasteiger partial charge is 0.497 e. The highest BCUT2D eigenvalue weighted by Gasteiger charge is 2.61. The lowest BCUT2D eigenvalue weighted by Gasteiger charge is -2.53. The van der Waals surface area contributed by atoms with Gasteiger partial charge in [-0.3, -0.25) is 0 Å². The molecular weight excluding hydrogens is 340 g/mol. The van der Waals surface area contributed by atoms with E-state index in [1.807, 2.05) is 0 Å². The maximum atomic E-state index is 11.4. The number of aryl methyl sites for hydroxylation is 1. The minimum atomic E-state index is -1.12. The number of aliphatic hydroxyl groups is 1. The number of fused-ring (bicyclic) bond motifs is 5. The molecule has 4 heteroatoms. The number of hydrogen-bond donors (Lipinski definition) is 2. The van der Waals surface area contributed by atoms with Crippen molar-refractivity contribution in [2.45, 2.75) is 63.4 Å². The molecule has 5 atom stereocenters. The second-order valence-corrected chi connectivity index (χ2v) is 8.79. The van der Waals surface area contributed by atoms with Crippen molar-refractivity contribution in [3.63, 3.8) is 0 Å². The Morgan fingerprint density at radius 3 is 2.85 bits per heavy atom. The highest BCUT2D eigenvalue weighted by Crippen LogP contribution is 2.65. The van der Waals surface area contributed by atoms with Crippen LogP contribution in [0.1, 0.15) is 62.5 Å². The summed E-state index contributed by atoms with van der Waals surface area (Å²) in [6.45, 7) is 2.22. The van der Waals surface area contributed by atoms with Gasteiger partial charge in [-0.1, -0.05) is 18.9 Å². The summed E-state index contributed by atoms with van der Waals surface area (Å²) in [5, 5.41) is 20.2. The number of carboxylic acid groups (broad SMARTS) is 1. The van der Waals surface area contributed by atoms with Crippen molar-refractivity contribution in [3.05, 3.63) is 29.3 Å². The van der Waals surface area contributed by atoms with E-state index in [-0.39, 0.29) is 11.8 Å². The van der Waals surface area contributed by atoms with Crippen LogP contribution < -0.4 is 4.74 Å². The molecule has 0 heterocycles. The first-order valence-electron chi connectivity index (χ1n) is 9.99. The van der Waals surface area contributed by atoms with Crippen LogP contribution >= 0.6 is 0 Å². The van der Waals surface area contributed by atoms with Crippen molar-refractivity contribution in [1.82, 2.24) is 0 Å². The molecular formula is C23H28O4. The molecule has 2 fully saturated rings. The number of methoxy groups -OCH3 is 1. The lowest BCUT2D eigenvalue weighted by molar-refractivity contribution is -0.130. The average Bonchev–Trinajstić information content (AvgIpc) is 2.92. The summed E-state index contributed by atoms with van der Waals surface area (Å²) in [6, 6.07) is 6.50. The van der Waals surface area contributed by atoms with Crippen molar-refractivity contribution in [3.8, 4) is 17.6 Å². The third-order valence-corrected chi connectivity index (χ3v) is 7.83. The minimum absolute atomic E-state index is 0.175. The summed E-state index contributed by atoms with van der Waals surface area (Å²) in [5.41, 5.74) is 1.84. The molecule has 2 N–H and O–H groups in total. The number of aliphatic carboxylic acids is 1. The molecule has 0 aromatic heterocycles. The van der Waals surface area contributed by atoms with Gasteiger partial charge in [-0.05, 0) is 79.5 Å². The van der Waals surface area contributed by atoms with E-state index in [0.717, 1.165) is 44.3 Å². The number of carbonyl (C=O) groups is 1. The number of rotatable bonds is 2. The monoisotopic (exact) mass is 368 g/mol. The lowest BCUT2D eigenvalue weighted by Crippen LogP contribution is -2.50. The number of benzene rings is 1. The molecule has 3 aliphatic rings. The zero-order valence-electron chi connectivity index (χ0n) is 16.1. The van der Waals surface area contributed by atoms with Crippen molar-refractivity contribution < 1.29 is 19.7 Å². The van der Waals surface area contributed by atoms with Gasteiger partial charge in [0.1, 0.15) is 5.75 Å². The quantitative estimate of drug-likeness (QED) is 0.780. The van der Waals surface area contributed by atoms with Crippen LogP contribution in [0.3, 0.4) is 0 Å². The van der Waals surface area contributed by atoms with Gasteiger partial charge in [0.15, 0.2) is 0 Å². The van der Waals surface area contributed by atoms with Gasteiger partial charge in [0.25, 0.3) is 0 Å². The Hall–Kier alpha value is -1.99. The first-order chi connectivity index (χ1) is 12.9. The Morgan fingerprint density at radius 1 is 1.30 bits per heavy atom. The van der Waals surface area contributed by atoms with E-state index in [1.165, 1.54) is 11.1 Å². The summed E-state index contributed by atoms with van der Waals surface area (Å²) < 4.78 is 5.40. The van der Waals surface area contributed by atoms with Crippen molar-refractivity contribution in [2.24, 2.45) is 17.3 Å². The Labute approximate surface area is 160 Å². The Morgan fingerprint density at radius 2 is 2.11 bits per heavy atom. The zero-order valence-corrected chi connectivity index (χ0v) is 16.1. The normalized spacial score (nSPS) is 36.6. The number of ether oxygens (including phenoxy) is 1. The van der Waals surface area contributed by atoms with Gasteiger partial charge in [-0.15, -0.1) is 0 Å². The Balaban J connectivity index is 1.60. The molecule has 27 heavy (non-hydrogen) atoms. The highest BCUT2D eigenvalue weighted by molar-refractivity contribution is 5.86. The first-order valence-corrected chi connectivity index (χ1v) is 9.99. The zero-order chi connectivity index (χ0) is 19.2. The molecule has 144 valence electrons. The Bertz CT molecular complexity index is 819. The maximum Gasteiger partial charge on any atom is 0.381 e. The van der Waals surface area contributed by atoms with Crippen LogP contribution in [-0.2, 0) is 11.2 Å². The van der Waals surface area contributed by atoms with Crippen LogP contribution in [0.15, 0.2) is 18.2 Å². The molecule has 0 amide bonds. The van der Waals surface area contributed by atoms with Gasteiger partial charge in [0.2, 0.25) is 0 Å². The van der Waals surface area contributed by atoms with Crippen LogP contribution in [0.2, 0.25) is 0 Å². The summed E-state index contributed by atoms with van der Waals surface area (Å²) in [6.07, 6.45) is 6.26. The van der Waals surface area contributed by atoms with Gasteiger partial charge >= 0.3 is 5.97 Å². The summed E-state index contributed by atoms with van der Waals surface area (Å²) in [5.74, 6) is 6.33. The molecule has 0 aliphatic heterocycles. The molecule has 1 aromatic carbocycles. The molecule has 0 bridgehead atoms. The first kappa shape index (κ1) is 18.4. The minimum Gasteiger partial charge on any atom is -0.497 e. The van der Waals surface area contributed by atoms with Crippen LogP contribution in [0.5, 0.6) is 5.75 Å². The molecule has 0 unspecified atom stereocenters. The van der Waals surface area contributed by atoms with Crippen molar-refractivity contribution >= 4 is 5.97 Å². The van der Waals surface area contributed by atoms with E-state index in [1.54, 1.807) is 7.11 Å². The van der Waals surface area contributed by atoms with Gasteiger partial charge < -0.3 is 14.9 Å². The summed E-state index contributed by atoms with van der Waals surface area (Å²) >= 11 is 0. The third-order valence-electron chi connectivity index (χ3n) is 7.83. The molecule has 0 saturated heterocycles. The van der Waals surface area contributed by atoms with E-state index in [0.29, 0.717) is 17.8 Å². The molecule has 4 nitrogen and oxygen atoms in total. The third kappa shape index (κ3) is 2.84. The van der Waals surface area contributed by atoms with E-state index < -0.39 is 11.6 Å². The standard InChI is InChI=1S/C23H28O4/c1-22-12-9-18-17-8-6-16(27-2)14-15(17)5-7-19(18)20(22)10-13-23(22,26)11-3-4-21(24)25/h6,8,14,18-20,26H,5,7,9-13H2,1-2H3,(H,24,25)/t18-,19-,20+,22+,23+/m1/s1. The van der Waals surface area contributed by atoms with Gasteiger partial charge in [0.05, 0.1) is 12.7 Å². The molecule has 3 aliphatic carbocycles. The summed E-state index contributed by atoms with van der Waals surface area (Å²) in [7, 11) is 1.71. The number of carboxylic acids is 1. The second-order valence-electron chi connectivity index (χ2n) is 8.79. The fraction of sp³-hybridized carbons (Fsp3) is 0.609.